The number of aromatic nitrogens is 2. The predicted molar refractivity (Wildman–Crippen MR) is 188 cm³/mol. The highest BCUT2D eigenvalue weighted by atomic mass is 35.5. The third-order valence-electron chi connectivity index (χ3n) is 8.63. The number of carbonyl (C=O) groups excluding carboxylic acids is 1. The number of carbonyl (C=O) groups is 1. The number of quaternary nitrogens is 1. The minimum atomic E-state index is -0.410. The van der Waals surface area contributed by atoms with Crippen LogP contribution in [0, 0.1) is 0 Å². The summed E-state index contributed by atoms with van der Waals surface area (Å²) in [5.74, 6) is 1.18. The molecule has 246 valence electrons. The Bertz CT molecular complexity index is 1720. The van der Waals surface area contributed by atoms with E-state index in [9.17, 15) is 4.79 Å². The first-order chi connectivity index (χ1) is 23.3. The SMILES string of the molecule is Nc1nc(N)c(C(=O)N[C@H]2CCC[N+](Cc3ccc(OCc4ccccc4)cc3)(Cc3ccc(OCc4ccccc4)cc3)C2)nc1Cl. The standard InChI is InChI=1S/C38H39ClN6O3/c39-35-37(41)44-36(40)34(43-35)38(46)42-31-12-7-21-45(24-31,22-27-13-17-32(18-14-27)47-25-29-8-3-1-4-9-29)23-28-15-19-33(20-16-28)48-26-30-10-5-2-6-11-30/h1-6,8-11,13-20,31H,7,12,21-26H2,(H4-,40,41,42,44,46)/p+1/t31-/m0/s1. The predicted octanol–water partition coefficient (Wildman–Crippen LogP) is 6.56. The third kappa shape index (κ3) is 8.61. The van der Waals surface area contributed by atoms with E-state index in [1.165, 1.54) is 11.1 Å². The highest BCUT2D eigenvalue weighted by Gasteiger charge is 2.37. The van der Waals surface area contributed by atoms with Gasteiger partial charge in [-0.15, -0.1) is 0 Å². The highest BCUT2D eigenvalue weighted by Crippen LogP contribution is 2.29. The Morgan fingerprint density at radius 1 is 0.729 bits per heavy atom. The second kappa shape index (κ2) is 15.2. The molecule has 0 aliphatic carbocycles. The van der Waals surface area contributed by atoms with Gasteiger partial charge in [-0.25, -0.2) is 9.97 Å². The van der Waals surface area contributed by atoms with Gasteiger partial charge in [0.15, 0.2) is 22.5 Å². The molecule has 6 rings (SSSR count). The molecule has 1 aromatic heterocycles. The van der Waals surface area contributed by atoms with Crippen LogP contribution in [0.3, 0.4) is 0 Å². The summed E-state index contributed by atoms with van der Waals surface area (Å²) < 4.78 is 12.8. The van der Waals surface area contributed by atoms with Gasteiger partial charge >= 0.3 is 0 Å². The van der Waals surface area contributed by atoms with Crippen molar-refractivity contribution in [3.8, 4) is 11.5 Å². The number of hydrogen-bond donors (Lipinski definition) is 3. The summed E-state index contributed by atoms with van der Waals surface area (Å²) in [6.45, 7) is 4.28. The van der Waals surface area contributed by atoms with Gasteiger partial charge in [0, 0.05) is 11.1 Å². The molecule has 1 aliphatic heterocycles. The number of piperidine rings is 1. The molecular formula is C38H40ClN6O3+. The lowest BCUT2D eigenvalue weighted by atomic mass is 9.99. The maximum absolute atomic E-state index is 13.3. The second-order valence-electron chi connectivity index (χ2n) is 12.3. The van der Waals surface area contributed by atoms with Gasteiger partial charge in [-0.05, 0) is 72.5 Å². The van der Waals surface area contributed by atoms with Crippen LogP contribution >= 0.6 is 11.6 Å². The lowest BCUT2D eigenvalue weighted by Crippen LogP contribution is -2.58. The van der Waals surface area contributed by atoms with Crippen LogP contribution in [-0.4, -0.2) is 39.5 Å². The van der Waals surface area contributed by atoms with Crippen molar-refractivity contribution in [3.05, 3.63) is 142 Å². The molecule has 1 amide bonds. The van der Waals surface area contributed by atoms with Crippen molar-refractivity contribution in [3.63, 3.8) is 0 Å². The van der Waals surface area contributed by atoms with E-state index >= 15 is 0 Å². The molecule has 5 N–H and O–H groups in total. The summed E-state index contributed by atoms with van der Waals surface area (Å²) in [5.41, 5.74) is 16.3. The smallest absolute Gasteiger partial charge is 0.274 e. The fraction of sp³-hybridized carbons (Fsp3) is 0.237. The highest BCUT2D eigenvalue weighted by molar-refractivity contribution is 6.31. The molecule has 0 radical (unpaired) electrons. The topological polar surface area (TPSA) is 125 Å². The number of amides is 1. The van der Waals surface area contributed by atoms with E-state index in [1.807, 2.05) is 60.7 Å². The van der Waals surface area contributed by atoms with E-state index in [1.54, 1.807) is 0 Å². The van der Waals surface area contributed by atoms with E-state index in [2.05, 4.69) is 63.8 Å². The van der Waals surface area contributed by atoms with Crippen LogP contribution in [0.25, 0.3) is 0 Å². The molecule has 9 nitrogen and oxygen atoms in total. The van der Waals surface area contributed by atoms with Crippen LogP contribution < -0.4 is 26.3 Å². The van der Waals surface area contributed by atoms with Crippen molar-refractivity contribution >= 4 is 29.1 Å². The Hall–Kier alpha value is -5.12. The maximum atomic E-state index is 13.3. The van der Waals surface area contributed by atoms with Gasteiger partial charge < -0.3 is 30.7 Å². The molecule has 2 heterocycles. The minimum Gasteiger partial charge on any atom is -0.489 e. The van der Waals surface area contributed by atoms with Crippen LogP contribution in [0.2, 0.25) is 5.15 Å². The van der Waals surface area contributed by atoms with E-state index < -0.39 is 5.91 Å². The lowest BCUT2D eigenvalue weighted by molar-refractivity contribution is -0.958. The first kappa shape index (κ1) is 32.8. The van der Waals surface area contributed by atoms with Crippen molar-refractivity contribution in [1.82, 2.24) is 15.3 Å². The quantitative estimate of drug-likeness (QED) is 0.129. The number of nitrogen functional groups attached to an aromatic ring is 2. The molecule has 0 unspecified atom stereocenters. The number of rotatable bonds is 12. The summed E-state index contributed by atoms with van der Waals surface area (Å²) >= 11 is 6.07. The van der Waals surface area contributed by atoms with Gasteiger partial charge in [0.05, 0.1) is 19.1 Å². The summed E-state index contributed by atoms with van der Waals surface area (Å²) in [5, 5.41) is 3.11. The number of hydrogen-bond acceptors (Lipinski definition) is 7. The summed E-state index contributed by atoms with van der Waals surface area (Å²) in [6.07, 6.45) is 1.77. The Morgan fingerprint density at radius 3 is 1.77 bits per heavy atom. The molecule has 1 atom stereocenters. The zero-order valence-electron chi connectivity index (χ0n) is 26.7. The van der Waals surface area contributed by atoms with E-state index in [-0.39, 0.29) is 28.5 Å². The molecule has 0 spiro atoms. The number of nitrogens with two attached hydrogens (primary N) is 2. The van der Waals surface area contributed by atoms with Crippen molar-refractivity contribution in [2.24, 2.45) is 0 Å². The summed E-state index contributed by atoms with van der Waals surface area (Å²) in [6, 6.07) is 36.8. The maximum Gasteiger partial charge on any atom is 0.274 e. The number of nitrogens with zero attached hydrogens (tertiary/aromatic N) is 3. The van der Waals surface area contributed by atoms with Crippen molar-refractivity contribution in [2.75, 3.05) is 24.6 Å². The van der Waals surface area contributed by atoms with Crippen LogP contribution in [0.5, 0.6) is 11.5 Å². The Kier molecular flexibility index (Phi) is 10.4. The third-order valence-corrected chi connectivity index (χ3v) is 8.91. The van der Waals surface area contributed by atoms with Crippen LogP contribution in [-0.2, 0) is 26.3 Å². The monoisotopic (exact) mass is 663 g/mol. The number of ether oxygens (including phenoxy) is 2. The molecule has 4 aromatic carbocycles. The molecule has 1 aliphatic rings. The summed E-state index contributed by atoms with van der Waals surface area (Å²) in [7, 11) is 0. The van der Waals surface area contributed by atoms with Gasteiger partial charge in [0.2, 0.25) is 0 Å². The summed E-state index contributed by atoms with van der Waals surface area (Å²) in [4.78, 5) is 21.4. The molecule has 48 heavy (non-hydrogen) atoms. The normalized spacial score (nSPS) is 15.4. The fourth-order valence-corrected chi connectivity index (χ4v) is 6.41. The zero-order valence-corrected chi connectivity index (χ0v) is 27.5. The van der Waals surface area contributed by atoms with Crippen molar-refractivity contribution < 1.29 is 18.8 Å². The van der Waals surface area contributed by atoms with Gasteiger partial charge in [-0.1, -0.05) is 72.3 Å². The molecule has 0 bridgehead atoms. The largest absolute Gasteiger partial charge is 0.489 e. The van der Waals surface area contributed by atoms with Gasteiger partial charge in [-0.3, -0.25) is 4.79 Å². The first-order valence-electron chi connectivity index (χ1n) is 16.1. The van der Waals surface area contributed by atoms with Crippen molar-refractivity contribution in [1.29, 1.82) is 0 Å². The number of likely N-dealkylation sites (tertiary alicyclic amines) is 1. The van der Waals surface area contributed by atoms with Crippen molar-refractivity contribution in [2.45, 2.75) is 45.2 Å². The van der Waals surface area contributed by atoms with E-state index in [4.69, 9.17) is 32.5 Å². The molecular weight excluding hydrogens is 624 g/mol. The number of nitrogens with one attached hydrogen (secondary N) is 1. The van der Waals surface area contributed by atoms with Crippen LogP contribution in [0.1, 0.15) is 45.6 Å². The zero-order chi connectivity index (χ0) is 33.3. The molecule has 1 saturated heterocycles. The molecule has 5 aromatic rings. The fourth-order valence-electron chi connectivity index (χ4n) is 6.29. The average Bonchev–Trinajstić information content (AvgIpc) is 3.10. The van der Waals surface area contributed by atoms with E-state index in [0.29, 0.717) is 13.2 Å². The molecule has 10 heteroatoms. The Balaban J connectivity index is 1.18. The minimum absolute atomic E-state index is 0.00737. The molecule has 1 fully saturated rings. The lowest BCUT2D eigenvalue weighted by Gasteiger charge is -2.45. The average molecular weight is 664 g/mol. The van der Waals surface area contributed by atoms with Crippen LogP contribution in [0.15, 0.2) is 109 Å². The van der Waals surface area contributed by atoms with E-state index in [0.717, 1.165) is 66.1 Å². The molecule has 0 saturated carbocycles. The number of benzene rings is 4. The van der Waals surface area contributed by atoms with Gasteiger partial charge in [-0.2, -0.15) is 0 Å². The van der Waals surface area contributed by atoms with Gasteiger partial charge in [0.1, 0.15) is 37.8 Å². The van der Waals surface area contributed by atoms with Gasteiger partial charge in [0.25, 0.3) is 5.91 Å². The Labute approximate surface area is 286 Å². The number of halogens is 1. The Morgan fingerprint density at radius 2 is 1.25 bits per heavy atom. The second-order valence-corrected chi connectivity index (χ2v) is 12.7. The van der Waals surface area contributed by atoms with Crippen LogP contribution in [0.4, 0.5) is 11.6 Å². The first-order valence-corrected chi connectivity index (χ1v) is 16.5. The number of anilines is 2.